The zero-order valence-electron chi connectivity index (χ0n) is 13.1. The van der Waals surface area contributed by atoms with Gasteiger partial charge in [-0.25, -0.2) is 8.42 Å². The van der Waals surface area contributed by atoms with Gasteiger partial charge >= 0.3 is 0 Å². The molecule has 0 aromatic heterocycles. The number of nitrogens with zero attached hydrogens (tertiary/aromatic N) is 1. The van der Waals surface area contributed by atoms with Crippen molar-refractivity contribution in [2.75, 3.05) is 22.4 Å². The Morgan fingerprint density at radius 2 is 1.96 bits per heavy atom. The standard InChI is InChI=1S/C16H14Cl2N2O4S/c1-25(22,23)20-9-15(24-14-7-6-10(17)8-13(14)20)16(21)19-12-5-3-2-4-11(12)18/h2-8,15H,9H2,1H3,(H,19,21)/t15-/m0/s1. The molecule has 1 amide bonds. The molecule has 132 valence electrons. The highest BCUT2D eigenvalue weighted by atomic mass is 35.5. The maximum absolute atomic E-state index is 12.5. The van der Waals surface area contributed by atoms with E-state index < -0.39 is 22.0 Å². The lowest BCUT2D eigenvalue weighted by atomic mass is 10.2. The number of carbonyl (C=O) groups is 1. The predicted octanol–water partition coefficient (Wildman–Crippen LogP) is 3.16. The number of halogens is 2. The summed E-state index contributed by atoms with van der Waals surface area (Å²) in [7, 11) is -3.61. The van der Waals surface area contributed by atoms with E-state index in [0.29, 0.717) is 21.4 Å². The van der Waals surface area contributed by atoms with Crippen LogP contribution in [0.4, 0.5) is 11.4 Å². The monoisotopic (exact) mass is 400 g/mol. The zero-order valence-corrected chi connectivity index (χ0v) is 15.4. The average Bonchev–Trinajstić information content (AvgIpc) is 2.55. The van der Waals surface area contributed by atoms with Crippen molar-refractivity contribution in [3.8, 4) is 5.75 Å². The molecule has 0 saturated heterocycles. The van der Waals surface area contributed by atoms with E-state index in [1.165, 1.54) is 12.1 Å². The van der Waals surface area contributed by atoms with Crippen molar-refractivity contribution in [3.63, 3.8) is 0 Å². The van der Waals surface area contributed by atoms with Gasteiger partial charge in [0, 0.05) is 5.02 Å². The Balaban J connectivity index is 1.90. The number of amides is 1. The molecule has 1 aliphatic heterocycles. The molecule has 3 rings (SSSR count). The van der Waals surface area contributed by atoms with Crippen LogP contribution >= 0.6 is 23.2 Å². The molecule has 1 N–H and O–H groups in total. The Kier molecular flexibility index (Phi) is 4.81. The number of fused-ring (bicyclic) bond motifs is 1. The number of carbonyl (C=O) groups excluding carboxylic acids is 1. The summed E-state index contributed by atoms with van der Waals surface area (Å²) < 4.78 is 31.0. The van der Waals surface area contributed by atoms with Gasteiger partial charge < -0.3 is 10.1 Å². The molecular formula is C16H14Cl2N2O4S. The molecule has 0 spiro atoms. The van der Waals surface area contributed by atoms with E-state index in [9.17, 15) is 13.2 Å². The fourth-order valence-electron chi connectivity index (χ4n) is 2.45. The van der Waals surface area contributed by atoms with Gasteiger partial charge in [-0.3, -0.25) is 9.10 Å². The van der Waals surface area contributed by atoms with Gasteiger partial charge in [-0.2, -0.15) is 0 Å². The van der Waals surface area contributed by atoms with Crippen molar-refractivity contribution in [2.24, 2.45) is 0 Å². The fraction of sp³-hybridized carbons (Fsp3) is 0.188. The Hall–Kier alpha value is -1.96. The van der Waals surface area contributed by atoms with Crippen LogP contribution in [-0.4, -0.2) is 33.2 Å². The Labute approximate surface area is 155 Å². The van der Waals surface area contributed by atoms with Gasteiger partial charge in [0.25, 0.3) is 5.91 Å². The largest absolute Gasteiger partial charge is 0.476 e. The lowest BCUT2D eigenvalue weighted by molar-refractivity contribution is -0.122. The molecular weight excluding hydrogens is 387 g/mol. The molecule has 2 aromatic rings. The van der Waals surface area contributed by atoms with Crippen LogP contribution in [0.2, 0.25) is 10.0 Å². The number of sulfonamides is 1. The predicted molar refractivity (Wildman–Crippen MR) is 98.1 cm³/mol. The average molecular weight is 401 g/mol. The van der Waals surface area contributed by atoms with Crippen molar-refractivity contribution < 1.29 is 17.9 Å². The third kappa shape index (κ3) is 3.84. The minimum Gasteiger partial charge on any atom is -0.476 e. The number of para-hydroxylation sites is 1. The van der Waals surface area contributed by atoms with Crippen molar-refractivity contribution >= 4 is 50.5 Å². The van der Waals surface area contributed by atoms with Gasteiger partial charge in [0.2, 0.25) is 10.0 Å². The quantitative estimate of drug-likeness (QED) is 0.858. The normalized spacial score (nSPS) is 16.8. The van der Waals surface area contributed by atoms with Crippen LogP contribution in [0.1, 0.15) is 0 Å². The molecule has 0 unspecified atom stereocenters. The van der Waals surface area contributed by atoms with Gasteiger partial charge in [-0.15, -0.1) is 0 Å². The number of anilines is 2. The molecule has 25 heavy (non-hydrogen) atoms. The number of ether oxygens (including phenoxy) is 1. The van der Waals surface area contributed by atoms with E-state index in [0.717, 1.165) is 10.6 Å². The van der Waals surface area contributed by atoms with Crippen molar-refractivity contribution in [1.82, 2.24) is 0 Å². The van der Waals surface area contributed by atoms with Gasteiger partial charge in [0.1, 0.15) is 5.75 Å². The van der Waals surface area contributed by atoms with Gasteiger partial charge in [0.05, 0.1) is 29.2 Å². The van der Waals surface area contributed by atoms with Crippen LogP contribution in [-0.2, 0) is 14.8 Å². The summed E-state index contributed by atoms with van der Waals surface area (Å²) in [6, 6.07) is 11.3. The number of hydrogen-bond donors (Lipinski definition) is 1. The van der Waals surface area contributed by atoms with Crippen molar-refractivity contribution in [1.29, 1.82) is 0 Å². The summed E-state index contributed by atoms with van der Waals surface area (Å²) in [5.41, 5.74) is 0.724. The Morgan fingerprint density at radius 1 is 1.24 bits per heavy atom. The van der Waals surface area contributed by atoms with E-state index in [1.54, 1.807) is 30.3 Å². The molecule has 9 heteroatoms. The minimum absolute atomic E-state index is 0.164. The third-order valence-corrected chi connectivity index (χ3v) is 5.33. The molecule has 0 aliphatic carbocycles. The minimum atomic E-state index is -3.61. The first-order valence-electron chi connectivity index (χ1n) is 7.25. The number of benzene rings is 2. The summed E-state index contributed by atoms with van der Waals surface area (Å²) in [4.78, 5) is 12.5. The number of hydrogen-bond acceptors (Lipinski definition) is 4. The van der Waals surface area contributed by atoms with E-state index in [1.807, 2.05) is 0 Å². The summed E-state index contributed by atoms with van der Waals surface area (Å²) in [5, 5.41) is 3.39. The first-order valence-corrected chi connectivity index (χ1v) is 9.85. The topological polar surface area (TPSA) is 75.7 Å². The second-order valence-electron chi connectivity index (χ2n) is 5.48. The summed E-state index contributed by atoms with van der Waals surface area (Å²) >= 11 is 12.0. The molecule has 0 saturated carbocycles. The molecule has 0 radical (unpaired) electrons. The van der Waals surface area contributed by atoms with Crippen molar-refractivity contribution in [3.05, 3.63) is 52.5 Å². The highest BCUT2D eigenvalue weighted by molar-refractivity contribution is 7.92. The van der Waals surface area contributed by atoms with Gasteiger partial charge in [-0.1, -0.05) is 35.3 Å². The zero-order chi connectivity index (χ0) is 18.2. The number of rotatable bonds is 3. The molecule has 2 aromatic carbocycles. The summed E-state index contributed by atoms with van der Waals surface area (Å²) in [5.74, 6) is -0.234. The maximum Gasteiger partial charge on any atom is 0.267 e. The van der Waals surface area contributed by atoms with Gasteiger partial charge in [0.15, 0.2) is 6.10 Å². The van der Waals surface area contributed by atoms with Crippen LogP contribution < -0.4 is 14.4 Å². The van der Waals surface area contributed by atoms with E-state index in [4.69, 9.17) is 27.9 Å². The smallest absolute Gasteiger partial charge is 0.267 e. The van der Waals surface area contributed by atoms with Crippen molar-refractivity contribution in [2.45, 2.75) is 6.10 Å². The third-order valence-electron chi connectivity index (χ3n) is 3.62. The first kappa shape index (κ1) is 17.8. The van der Waals surface area contributed by atoms with Crippen LogP contribution in [0.5, 0.6) is 5.75 Å². The van der Waals surface area contributed by atoms with Crippen LogP contribution in [0, 0.1) is 0 Å². The van der Waals surface area contributed by atoms with Crippen LogP contribution in [0.25, 0.3) is 0 Å². The molecule has 6 nitrogen and oxygen atoms in total. The molecule has 0 bridgehead atoms. The fourth-order valence-corrected chi connectivity index (χ4v) is 3.71. The summed E-state index contributed by atoms with van der Waals surface area (Å²) in [6.07, 6.45) is 0.0335. The molecule has 1 heterocycles. The molecule has 1 atom stereocenters. The Bertz CT molecular complexity index is 933. The number of nitrogens with one attached hydrogen (secondary N) is 1. The lowest BCUT2D eigenvalue weighted by Gasteiger charge is -2.34. The lowest BCUT2D eigenvalue weighted by Crippen LogP contribution is -2.48. The highest BCUT2D eigenvalue weighted by Gasteiger charge is 2.35. The Morgan fingerprint density at radius 3 is 2.64 bits per heavy atom. The van der Waals surface area contributed by atoms with E-state index >= 15 is 0 Å². The first-order chi connectivity index (χ1) is 11.8. The SMILES string of the molecule is CS(=O)(=O)N1C[C@@H](C(=O)Nc2ccccc2Cl)Oc2ccc(Cl)cc21. The van der Waals surface area contributed by atoms with E-state index in [-0.39, 0.29) is 12.3 Å². The van der Waals surface area contributed by atoms with E-state index in [2.05, 4.69) is 5.32 Å². The van der Waals surface area contributed by atoms with Crippen LogP contribution in [0.15, 0.2) is 42.5 Å². The van der Waals surface area contributed by atoms with Gasteiger partial charge in [-0.05, 0) is 30.3 Å². The summed E-state index contributed by atoms with van der Waals surface area (Å²) in [6.45, 7) is -0.164. The maximum atomic E-state index is 12.5. The molecule has 1 aliphatic rings. The highest BCUT2D eigenvalue weighted by Crippen LogP contribution is 2.37. The second kappa shape index (κ2) is 6.74. The molecule has 0 fully saturated rings. The van der Waals surface area contributed by atoms with Crippen LogP contribution in [0.3, 0.4) is 0 Å². The second-order valence-corrected chi connectivity index (χ2v) is 8.23.